The van der Waals surface area contributed by atoms with E-state index in [9.17, 15) is 14.0 Å². The molecule has 2 aromatic carbocycles. The number of nitrogens with one attached hydrogen (secondary N) is 1. The predicted octanol–water partition coefficient (Wildman–Crippen LogP) is 3.94. The molecule has 0 spiro atoms. The maximum Gasteiger partial charge on any atom is 0.407 e. The van der Waals surface area contributed by atoms with Crippen molar-refractivity contribution in [3.8, 4) is 0 Å². The summed E-state index contributed by atoms with van der Waals surface area (Å²) in [6, 6.07) is 15.3. The lowest BCUT2D eigenvalue weighted by Crippen LogP contribution is -2.39. The van der Waals surface area contributed by atoms with Crippen LogP contribution in [-0.2, 0) is 22.6 Å². The maximum atomic E-state index is 13.8. The van der Waals surface area contributed by atoms with Crippen LogP contribution in [0, 0.1) is 5.82 Å². The summed E-state index contributed by atoms with van der Waals surface area (Å²) < 4.78 is 19.0. The lowest BCUT2D eigenvalue weighted by Gasteiger charge is -2.18. The number of carbonyl (C=O) groups is 2. The molecule has 4 nitrogen and oxygen atoms in total. The zero-order valence-corrected chi connectivity index (χ0v) is 14.7. The number of carbonyl (C=O) groups excluding carboxylic acids is 2. The molecule has 6 heteroatoms. The Bertz CT molecular complexity index is 709. The molecule has 2 aromatic rings. The van der Waals surface area contributed by atoms with E-state index < -0.39 is 12.1 Å². The number of alkyl carbamates (subject to hydrolysis) is 1. The van der Waals surface area contributed by atoms with Crippen molar-refractivity contribution < 1.29 is 18.7 Å². The minimum Gasteiger partial charge on any atom is -0.445 e. The van der Waals surface area contributed by atoms with Crippen LogP contribution in [0.2, 0.25) is 0 Å². The number of amides is 1. The predicted molar refractivity (Wildman–Crippen MR) is 96.8 cm³/mol. The molecular formula is C19H20FNO3S. The number of rotatable bonds is 7. The Hall–Kier alpha value is -2.34. The molecule has 0 saturated heterocycles. The van der Waals surface area contributed by atoms with E-state index in [2.05, 4.69) is 5.32 Å². The van der Waals surface area contributed by atoms with E-state index in [0.29, 0.717) is 11.3 Å². The topological polar surface area (TPSA) is 55.4 Å². The fraction of sp³-hybridized carbons (Fsp3) is 0.263. The number of benzene rings is 2. The summed E-state index contributed by atoms with van der Waals surface area (Å²) in [5, 5.41) is 2.66. The van der Waals surface area contributed by atoms with Crippen molar-refractivity contribution in [1.82, 2.24) is 5.32 Å². The van der Waals surface area contributed by atoms with Crippen LogP contribution >= 0.6 is 11.8 Å². The van der Waals surface area contributed by atoms with Gasteiger partial charge in [0, 0.05) is 18.7 Å². The molecule has 2 rings (SSSR count). The number of ether oxygens (including phenoxy) is 1. The first-order valence-corrected chi connectivity index (χ1v) is 8.87. The van der Waals surface area contributed by atoms with Crippen molar-refractivity contribution in [2.24, 2.45) is 0 Å². The van der Waals surface area contributed by atoms with Gasteiger partial charge in [-0.1, -0.05) is 60.3 Å². The lowest BCUT2D eigenvalue weighted by atomic mass is 10.1. The highest BCUT2D eigenvalue weighted by Gasteiger charge is 2.17. The number of thioether (sulfide) groups is 1. The molecule has 0 bridgehead atoms. The van der Waals surface area contributed by atoms with E-state index in [-0.39, 0.29) is 24.0 Å². The Morgan fingerprint density at radius 3 is 2.48 bits per heavy atom. The Balaban J connectivity index is 1.93. The van der Waals surface area contributed by atoms with Gasteiger partial charge in [0.05, 0.1) is 0 Å². The standard InChI is InChI=1S/C19H20FNO3S/c1-14(22)25-13-17(11-16-9-5-6-10-18(16)20)21-19(23)24-12-15-7-3-2-4-8-15/h2-10,17H,11-13H2,1H3,(H,21,23)/t17-/m1/s1. The summed E-state index contributed by atoms with van der Waals surface area (Å²) in [4.78, 5) is 23.2. The zero-order chi connectivity index (χ0) is 18.1. The van der Waals surface area contributed by atoms with Crippen molar-refractivity contribution in [1.29, 1.82) is 0 Å². The summed E-state index contributed by atoms with van der Waals surface area (Å²) in [6.45, 7) is 1.61. The Morgan fingerprint density at radius 1 is 1.12 bits per heavy atom. The van der Waals surface area contributed by atoms with Crippen molar-refractivity contribution in [3.63, 3.8) is 0 Å². The molecule has 0 radical (unpaired) electrons. The molecule has 0 aliphatic carbocycles. The third kappa shape index (κ3) is 6.97. The third-order valence-electron chi connectivity index (χ3n) is 3.45. The van der Waals surface area contributed by atoms with Gasteiger partial charge in [0.15, 0.2) is 5.12 Å². The molecular weight excluding hydrogens is 341 g/mol. The molecule has 0 saturated carbocycles. The normalized spacial score (nSPS) is 11.6. The number of hydrogen-bond acceptors (Lipinski definition) is 4. The van der Waals surface area contributed by atoms with Gasteiger partial charge >= 0.3 is 6.09 Å². The quantitative estimate of drug-likeness (QED) is 0.811. The SMILES string of the molecule is CC(=O)SC[C@@H](Cc1ccccc1F)NC(=O)OCc1ccccc1. The van der Waals surface area contributed by atoms with Crippen LogP contribution in [0.15, 0.2) is 54.6 Å². The highest BCUT2D eigenvalue weighted by Crippen LogP contribution is 2.13. The molecule has 132 valence electrons. The van der Waals surface area contributed by atoms with Gasteiger partial charge in [-0.15, -0.1) is 0 Å². The Kier molecular flexibility index (Phi) is 7.47. The first-order chi connectivity index (χ1) is 12.0. The molecule has 1 N–H and O–H groups in total. The largest absolute Gasteiger partial charge is 0.445 e. The van der Waals surface area contributed by atoms with E-state index in [1.165, 1.54) is 13.0 Å². The average Bonchev–Trinajstić information content (AvgIpc) is 2.60. The van der Waals surface area contributed by atoms with Gasteiger partial charge < -0.3 is 10.1 Å². The summed E-state index contributed by atoms with van der Waals surface area (Å²) in [5.74, 6) is 0.0178. The third-order valence-corrected chi connectivity index (χ3v) is 4.42. The van der Waals surface area contributed by atoms with Gasteiger partial charge in [0.1, 0.15) is 12.4 Å². The van der Waals surface area contributed by atoms with Crippen molar-refractivity contribution >= 4 is 23.0 Å². The monoisotopic (exact) mass is 361 g/mol. The molecule has 1 amide bonds. The fourth-order valence-corrected chi connectivity index (χ4v) is 2.87. The van der Waals surface area contributed by atoms with Crippen LogP contribution in [0.1, 0.15) is 18.1 Å². The van der Waals surface area contributed by atoms with E-state index in [1.807, 2.05) is 30.3 Å². The van der Waals surface area contributed by atoms with Gasteiger partial charge in [-0.3, -0.25) is 4.79 Å². The Labute approximate surface area is 150 Å². The first-order valence-electron chi connectivity index (χ1n) is 7.88. The molecule has 0 fully saturated rings. The Morgan fingerprint density at radius 2 is 1.80 bits per heavy atom. The second-order valence-electron chi connectivity index (χ2n) is 5.50. The highest BCUT2D eigenvalue weighted by atomic mass is 32.2. The average molecular weight is 361 g/mol. The molecule has 1 atom stereocenters. The van der Waals surface area contributed by atoms with Crippen molar-refractivity contribution in [3.05, 3.63) is 71.5 Å². The molecule has 0 unspecified atom stereocenters. The second-order valence-corrected chi connectivity index (χ2v) is 6.70. The second kappa shape index (κ2) is 9.84. The lowest BCUT2D eigenvalue weighted by molar-refractivity contribution is -0.109. The summed E-state index contributed by atoms with van der Waals surface area (Å²) in [7, 11) is 0. The van der Waals surface area contributed by atoms with Gasteiger partial charge in [-0.05, 0) is 23.6 Å². The van der Waals surface area contributed by atoms with Crippen LogP contribution in [0.5, 0.6) is 0 Å². The maximum absolute atomic E-state index is 13.8. The van der Waals surface area contributed by atoms with Crippen LogP contribution < -0.4 is 5.32 Å². The zero-order valence-electron chi connectivity index (χ0n) is 13.9. The summed E-state index contributed by atoms with van der Waals surface area (Å²) >= 11 is 1.09. The van der Waals surface area contributed by atoms with Gasteiger partial charge in [-0.2, -0.15) is 0 Å². The molecule has 25 heavy (non-hydrogen) atoms. The van der Waals surface area contributed by atoms with Crippen LogP contribution in [0.25, 0.3) is 0 Å². The number of hydrogen-bond donors (Lipinski definition) is 1. The van der Waals surface area contributed by atoms with E-state index in [4.69, 9.17) is 4.74 Å². The summed E-state index contributed by atoms with van der Waals surface area (Å²) in [6.07, 6.45) is -0.303. The fourth-order valence-electron chi connectivity index (χ4n) is 2.23. The van der Waals surface area contributed by atoms with E-state index >= 15 is 0 Å². The smallest absolute Gasteiger partial charge is 0.407 e. The van der Waals surface area contributed by atoms with E-state index in [1.54, 1.807) is 18.2 Å². The van der Waals surface area contributed by atoms with E-state index in [0.717, 1.165) is 17.3 Å². The molecule has 0 heterocycles. The molecule has 0 aromatic heterocycles. The van der Waals surface area contributed by atoms with Crippen molar-refractivity contribution in [2.75, 3.05) is 5.75 Å². The van der Waals surface area contributed by atoms with Gasteiger partial charge in [0.25, 0.3) is 0 Å². The first kappa shape index (κ1) is 19.0. The van der Waals surface area contributed by atoms with Gasteiger partial charge in [0.2, 0.25) is 0 Å². The highest BCUT2D eigenvalue weighted by molar-refractivity contribution is 8.13. The van der Waals surface area contributed by atoms with Crippen LogP contribution in [0.3, 0.4) is 0 Å². The van der Waals surface area contributed by atoms with Crippen molar-refractivity contribution in [2.45, 2.75) is 26.0 Å². The minimum atomic E-state index is -0.589. The molecule has 0 aliphatic heterocycles. The molecule has 0 aliphatic rings. The summed E-state index contributed by atoms with van der Waals surface area (Å²) in [5.41, 5.74) is 1.36. The van der Waals surface area contributed by atoms with Gasteiger partial charge in [-0.25, -0.2) is 9.18 Å². The number of halogens is 1. The van der Waals surface area contributed by atoms with Crippen LogP contribution in [-0.4, -0.2) is 23.0 Å². The minimum absolute atomic E-state index is 0.0574. The van der Waals surface area contributed by atoms with Crippen LogP contribution in [0.4, 0.5) is 9.18 Å².